The van der Waals surface area contributed by atoms with E-state index in [1.165, 1.54) is 0 Å². The van der Waals surface area contributed by atoms with E-state index < -0.39 is 23.2 Å². The van der Waals surface area contributed by atoms with E-state index in [1.807, 2.05) is 0 Å². The topological polar surface area (TPSA) is 43.1 Å². The molecule has 0 amide bonds. The molecule has 0 unspecified atom stereocenters. The zero-order valence-corrected chi connectivity index (χ0v) is 6.73. The molecule has 0 aliphatic heterocycles. The third-order valence-corrected chi connectivity index (χ3v) is 1.64. The number of alkyl halides is 3. The Balaban J connectivity index is 3.48. The zero-order chi connectivity index (χ0) is 10.9. The monoisotopic (exact) mass is 207 g/mol. The number of hydrogen-bond donors (Lipinski definition) is 1. The van der Waals surface area contributed by atoms with Crippen molar-refractivity contribution in [3.63, 3.8) is 0 Å². The first-order valence-electron chi connectivity index (χ1n) is 3.48. The highest BCUT2D eigenvalue weighted by Gasteiger charge is 2.37. The molecule has 2 N–H and O–H groups in total. The summed E-state index contributed by atoms with van der Waals surface area (Å²) in [5.74, 6) is -1.49. The van der Waals surface area contributed by atoms with E-state index in [0.717, 1.165) is 6.07 Å². The predicted octanol–water partition coefficient (Wildman–Crippen LogP) is 2.24. The van der Waals surface area contributed by atoms with Crippen LogP contribution in [0.4, 0.5) is 23.2 Å². The van der Waals surface area contributed by atoms with Crippen LogP contribution in [0.15, 0.2) is 12.1 Å². The fraction of sp³-hybridized carbons (Fsp3) is 0.125. The van der Waals surface area contributed by atoms with Crippen LogP contribution in [-0.4, -0.2) is 6.29 Å². The van der Waals surface area contributed by atoms with Crippen LogP contribution in [-0.2, 0) is 6.18 Å². The van der Waals surface area contributed by atoms with E-state index in [-0.39, 0.29) is 11.8 Å². The van der Waals surface area contributed by atoms with Gasteiger partial charge >= 0.3 is 6.18 Å². The van der Waals surface area contributed by atoms with Crippen LogP contribution in [0.1, 0.15) is 15.9 Å². The van der Waals surface area contributed by atoms with Crippen LogP contribution in [0.2, 0.25) is 0 Å². The van der Waals surface area contributed by atoms with Gasteiger partial charge in [0.25, 0.3) is 0 Å². The smallest absolute Gasteiger partial charge is 0.398 e. The molecule has 1 aromatic rings. The number of hydrogen-bond acceptors (Lipinski definition) is 2. The van der Waals surface area contributed by atoms with Crippen LogP contribution in [0.3, 0.4) is 0 Å². The molecule has 0 radical (unpaired) electrons. The fourth-order valence-corrected chi connectivity index (χ4v) is 1.000. The highest BCUT2D eigenvalue weighted by molar-refractivity contribution is 5.84. The first-order valence-corrected chi connectivity index (χ1v) is 3.48. The summed E-state index contributed by atoms with van der Waals surface area (Å²) in [6, 6.07) is 1.45. The molecule has 2 nitrogen and oxygen atoms in total. The number of carbonyl (C=O) groups excluding carboxylic acids is 1. The van der Waals surface area contributed by atoms with Gasteiger partial charge in [0, 0.05) is 5.56 Å². The van der Waals surface area contributed by atoms with Gasteiger partial charge in [-0.25, -0.2) is 4.39 Å². The van der Waals surface area contributed by atoms with Crippen molar-refractivity contribution in [3.8, 4) is 0 Å². The Hall–Kier alpha value is -1.59. The van der Waals surface area contributed by atoms with Crippen LogP contribution in [0.25, 0.3) is 0 Å². The summed E-state index contributed by atoms with van der Waals surface area (Å²) in [5, 5.41) is 0. The summed E-state index contributed by atoms with van der Waals surface area (Å²) in [6.45, 7) is 0. The molecule has 0 aliphatic carbocycles. The molecule has 0 aliphatic rings. The van der Waals surface area contributed by atoms with Gasteiger partial charge in [0.2, 0.25) is 0 Å². The van der Waals surface area contributed by atoms with Crippen LogP contribution in [0.5, 0.6) is 0 Å². The summed E-state index contributed by atoms with van der Waals surface area (Å²) in [7, 11) is 0. The lowest BCUT2D eigenvalue weighted by Crippen LogP contribution is -2.13. The van der Waals surface area contributed by atoms with E-state index in [4.69, 9.17) is 5.73 Å². The van der Waals surface area contributed by atoms with Crippen molar-refractivity contribution in [1.29, 1.82) is 0 Å². The molecule has 0 atom stereocenters. The molecule has 0 aromatic heterocycles. The van der Waals surface area contributed by atoms with Gasteiger partial charge in [-0.3, -0.25) is 4.79 Å². The molecule has 0 saturated carbocycles. The molecular weight excluding hydrogens is 202 g/mol. The van der Waals surface area contributed by atoms with Crippen molar-refractivity contribution in [2.45, 2.75) is 6.18 Å². The SMILES string of the molecule is Nc1c(C=O)ccc(F)c1C(F)(F)F. The molecule has 1 rings (SSSR count). The van der Waals surface area contributed by atoms with Crippen LogP contribution in [0, 0.1) is 5.82 Å². The number of carbonyl (C=O) groups is 1. The van der Waals surface area contributed by atoms with Gasteiger partial charge in [-0.15, -0.1) is 0 Å². The molecule has 0 fully saturated rings. The van der Waals surface area contributed by atoms with Gasteiger partial charge in [0.1, 0.15) is 11.4 Å². The number of anilines is 1. The minimum atomic E-state index is -4.90. The van der Waals surface area contributed by atoms with Crippen molar-refractivity contribution in [2.75, 3.05) is 5.73 Å². The maximum Gasteiger partial charge on any atom is 0.421 e. The molecular formula is C8H5F4NO. The van der Waals surface area contributed by atoms with Gasteiger partial charge in [-0.05, 0) is 12.1 Å². The number of nitrogens with two attached hydrogens (primary N) is 1. The number of halogens is 4. The lowest BCUT2D eigenvalue weighted by molar-refractivity contribution is -0.139. The summed E-state index contributed by atoms with van der Waals surface area (Å²) in [5.41, 5.74) is 2.14. The van der Waals surface area contributed by atoms with Crippen molar-refractivity contribution >= 4 is 12.0 Å². The van der Waals surface area contributed by atoms with Gasteiger partial charge < -0.3 is 5.73 Å². The first-order chi connectivity index (χ1) is 6.38. The van der Waals surface area contributed by atoms with Gasteiger partial charge in [0.15, 0.2) is 6.29 Å². The summed E-state index contributed by atoms with van der Waals surface area (Å²) in [4.78, 5) is 10.2. The zero-order valence-electron chi connectivity index (χ0n) is 6.73. The number of nitrogen functional groups attached to an aromatic ring is 1. The van der Waals surface area contributed by atoms with Gasteiger partial charge in [-0.1, -0.05) is 0 Å². The highest BCUT2D eigenvalue weighted by Crippen LogP contribution is 2.36. The Morgan fingerprint density at radius 1 is 1.29 bits per heavy atom. The normalized spacial score (nSPS) is 11.4. The summed E-state index contributed by atoms with van der Waals surface area (Å²) in [6.07, 6.45) is -4.75. The Labute approximate surface area is 76.3 Å². The predicted molar refractivity (Wildman–Crippen MR) is 41.2 cm³/mol. The molecule has 76 valence electrons. The second-order valence-corrected chi connectivity index (χ2v) is 2.54. The maximum absolute atomic E-state index is 12.7. The van der Waals surface area contributed by atoms with Crippen molar-refractivity contribution in [3.05, 3.63) is 29.1 Å². The quantitative estimate of drug-likeness (QED) is 0.436. The van der Waals surface area contributed by atoms with E-state index in [1.54, 1.807) is 0 Å². The van der Waals surface area contributed by atoms with Crippen molar-refractivity contribution in [2.24, 2.45) is 0 Å². The maximum atomic E-state index is 12.7. The standard InChI is InChI=1S/C8H5F4NO/c9-5-2-1-4(3-14)7(13)6(5)8(10,11)12/h1-3H,13H2. The molecule has 0 bridgehead atoms. The van der Waals surface area contributed by atoms with Crippen molar-refractivity contribution < 1.29 is 22.4 Å². The Kier molecular flexibility index (Phi) is 2.46. The largest absolute Gasteiger partial charge is 0.421 e. The molecule has 0 spiro atoms. The molecule has 0 heterocycles. The molecule has 0 saturated heterocycles. The fourth-order valence-electron chi connectivity index (χ4n) is 1.000. The summed E-state index contributed by atoms with van der Waals surface area (Å²) < 4.78 is 49.3. The van der Waals surface area contributed by atoms with Gasteiger partial charge in [0.05, 0.1) is 5.69 Å². The number of benzene rings is 1. The van der Waals surface area contributed by atoms with Crippen LogP contribution >= 0.6 is 0 Å². The average Bonchev–Trinajstić information content (AvgIpc) is 2.02. The second kappa shape index (κ2) is 3.28. The Bertz CT molecular complexity index is 372. The molecule has 6 heteroatoms. The van der Waals surface area contributed by atoms with Gasteiger partial charge in [-0.2, -0.15) is 13.2 Å². The minimum absolute atomic E-state index is 0.143. The molecule has 1 aromatic carbocycles. The van der Waals surface area contributed by atoms with Crippen LogP contribution < -0.4 is 5.73 Å². The lowest BCUT2D eigenvalue weighted by Gasteiger charge is -2.11. The molecule has 14 heavy (non-hydrogen) atoms. The highest BCUT2D eigenvalue weighted by atomic mass is 19.4. The van der Waals surface area contributed by atoms with E-state index in [0.29, 0.717) is 6.07 Å². The number of aldehydes is 1. The van der Waals surface area contributed by atoms with Crippen molar-refractivity contribution in [1.82, 2.24) is 0 Å². The van der Waals surface area contributed by atoms with E-state index in [9.17, 15) is 22.4 Å². The Morgan fingerprint density at radius 2 is 1.86 bits per heavy atom. The minimum Gasteiger partial charge on any atom is -0.398 e. The third-order valence-electron chi connectivity index (χ3n) is 1.64. The summed E-state index contributed by atoms with van der Waals surface area (Å²) >= 11 is 0. The Morgan fingerprint density at radius 3 is 2.29 bits per heavy atom. The third kappa shape index (κ3) is 1.68. The number of rotatable bonds is 1. The second-order valence-electron chi connectivity index (χ2n) is 2.54. The van der Waals surface area contributed by atoms with E-state index in [2.05, 4.69) is 0 Å². The first kappa shape index (κ1) is 10.5. The van der Waals surface area contributed by atoms with E-state index >= 15 is 0 Å². The lowest BCUT2D eigenvalue weighted by atomic mass is 10.1. The average molecular weight is 207 g/mol.